The van der Waals surface area contributed by atoms with E-state index in [1.165, 1.54) is 0 Å². The molecule has 15 heavy (non-hydrogen) atoms. The maximum Gasteiger partial charge on any atom is 0.164 e. The zero-order valence-corrected chi connectivity index (χ0v) is 9.24. The van der Waals surface area contributed by atoms with Gasteiger partial charge in [0.05, 0.1) is 27.4 Å². The molecule has 0 aliphatic heterocycles. The zero-order valence-electron chi connectivity index (χ0n) is 9.24. The fraction of sp³-hybridized carbons (Fsp3) is 0.455. The number of hydrogen-bond donors (Lipinski definition) is 1. The summed E-state index contributed by atoms with van der Waals surface area (Å²) in [5.74, 6) is 1.81. The molecule has 0 atom stereocenters. The third kappa shape index (κ3) is 2.53. The van der Waals surface area contributed by atoms with Gasteiger partial charge in [0, 0.05) is 11.6 Å². The summed E-state index contributed by atoms with van der Waals surface area (Å²) < 4.78 is 15.6. The number of benzene rings is 1. The van der Waals surface area contributed by atoms with Gasteiger partial charge in [-0.1, -0.05) is 0 Å². The van der Waals surface area contributed by atoms with Gasteiger partial charge >= 0.3 is 0 Å². The molecule has 1 N–H and O–H groups in total. The summed E-state index contributed by atoms with van der Waals surface area (Å²) in [5, 5.41) is 9.13. The molecule has 0 aliphatic carbocycles. The van der Waals surface area contributed by atoms with Crippen LogP contribution in [0.1, 0.15) is 12.5 Å². The lowest BCUT2D eigenvalue weighted by atomic mass is 10.2. The van der Waals surface area contributed by atoms with E-state index in [-0.39, 0.29) is 6.61 Å². The Hall–Kier alpha value is -1.42. The highest BCUT2D eigenvalue weighted by molar-refractivity contribution is 5.50. The topological polar surface area (TPSA) is 47.9 Å². The van der Waals surface area contributed by atoms with Crippen molar-refractivity contribution in [2.75, 3.05) is 20.8 Å². The number of ether oxygens (including phenoxy) is 3. The maximum atomic E-state index is 9.13. The number of aliphatic hydroxyl groups excluding tert-OH is 1. The van der Waals surface area contributed by atoms with Crippen molar-refractivity contribution in [3.63, 3.8) is 0 Å². The highest BCUT2D eigenvalue weighted by Gasteiger charge is 2.11. The molecule has 0 aromatic heterocycles. The standard InChI is InChI=1S/C11H16O4/c1-4-15-11-5-8(7-12)9(13-2)6-10(11)14-3/h5-6,12H,4,7H2,1-3H3. The van der Waals surface area contributed by atoms with Crippen LogP contribution in [0.5, 0.6) is 17.2 Å². The molecule has 4 heteroatoms. The summed E-state index contributed by atoms with van der Waals surface area (Å²) in [6.07, 6.45) is 0. The molecular formula is C11H16O4. The monoisotopic (exact) mass is 212 g/mol. The number of methoxy groups -OCH3 is 2. The fourth-order valence-electron chi connectivity index (χ4n) is 1.32. The molecule has 0 amide bonds. The number of rotatable bonds is 5. The second kappa shape index (κ2) is 5.46. The average Bonchev–Trinajstić information content (AvgIpc) is 2.28. The summed E-state index contributed by atoms with van der Waals surface area (Å²) in [4.78, 5) is 0. The Labute approximate surface area is 89.4 Å². The summed E-state index contributed by atoms with van der Waals surface area (Å²) in [6, 6.07) is 3.43. The molecule has 0 spiro atoms. The van der Waals surface area contributed by atoms with Crippen LogP contribution in [0, 0.1) is 0 Å². The summed E-state index contributed by atoms with van der Waals surface area (Å²) in [6.45, 7) is 2.35. The smallest absolute Gasteiger partial charge is 0.164 e. The van der Waals surface area contributed by atoms with Crippen molar-refractivity contribution < 1.29 is 19.3 Å². The molecule has 0 fully saturated rings. The average molecular weight is 212 g/mol. The molecule has 4 nitrogen and oxygen atoms in total. The summed E-state index contributed by atoms with van der Waals surface area (Å²) in [7, 11) is 3.12. The Bertz CT molecular complexity index is 323. The molecule has 0 radical (unpaired) electrons. The molecule has 1 aromatic carbocycles. The van der Waals surface area contributed by atoms with Crippen LogP contribution >= 0.6 is 0 Å². The minimum absolute atomic E-state index is 0.0900. The molecule has 84 valence electrons. The van der Waals surface area contributed by atoms with Crippen LogP contribution in [0.15, 0.2) is 12.1 Å². The Morgan fingerprint density at radius 3 is 2.20 bits per heavy atom. The molecule has 0 saturated heterocycles. The van der Waals surface area contributed by atoms with Crippen molar-refractivity contribution in [1.82, 2.24) is 0 Å². The van der Waals surface area contributed by atoms with Gasteiger partial charge in [-0.2, -0.15) is 0 Å². The van der Waals surface area contributed by atoms with Gasteiger partial charge in [0.2, 0.25) is 0 Å². The molecule has 1 rings (SSSR count). The SMILES string of the molecule is CCOc1cc(CO)c(OC)cc1OC. The Morgan fingerprint density at radius 1 is 1.07 bits per heavy atom. The minimum atomic E-state index is -0.0900. The molecule has 0 bridgehead atoms. The third-order valence-electron chi connectivity index (χ3n) is 2.04. The first-order valence-corrected chi connectivity index (χ1v) is 4.75. The van der Waals surface area contributed by atoms with Crippen molar-refractivity contribution in [3.8, 4) is 17.2 Å². The molecular weight excluding hydrogens is 196 g/mol. The largest absolute Gasteiger partial charge is 0.496 e. The van der Waals surface area contributed by atoms with Gasteiger partial charge in [-0.05, 0) is 13.0 Å². The van der Waals surface area contributed by atoms with E-state index in [1.807, 2.05) is 6.92 Å². The van der Waals surface area contributed by atoms with E-state index < -0.39 is 0 Å². The third-order valence-corrected chi connectivity index (χ3v) is 2.04. The molecule has 0 heterocycles. The Morgan fingerprint density at radius 2 is 1.73 bits per heavy atom. The Kier molecular flexibility index (Phi) is 4.24. The van der Waals surface area contributed by atoms with Gasteiger partial charge in [-0.25, -0.2) is 0 Å². The number of aliphatic hydroxyl groups is 1. The molecule has 1 aromatic rings. The van der Waals surface area contributed by atoms with Crippen molar-refractivity contribution in [3.05, 3.63) is 17.7 Å². The van der Waals surface area contributed by atoms with E-state index in [1.54, 1.807) is 26.4 Å². The van der Waals surface area contributed by atoms with Gasteiger partial charge in [-0.3, -0.25) is 0 Å². The van der Waals surface area contributed by atoms with Crippen LogP contribution in [-0.2, 0) is 6.61 Å². The highest BCUT2D eigenvalue weighted by Crippen LogP contribution is 2.34. The van der Waals surface area contributed by atoms with Crippen LogP contribution in [0.25, 0.3) is 0 Å². The van der Waals surface area contributed by atoms with E-state index in [4.69, 9.17) is 19.3 Å². The van der Waals surface area contributed by atoms with Crippen molar-refractivity contribution >= 4 is 0 Å². The molecule has 0 unspecified atom stereocenters. The van der Waals surface area contributed by atoms with E-state index in [0.717, 1.165) is 0 Å². The Balaban J connectivity index is 3.15. The first kappa shape index (κ1) is 11.7. The number of hydrogen-bond acceptors (Lipinski definition) is 4. The molecule has 0 aliphatic rings. The van der Waals surface area contributed by atoms with E-state index in [0.29, 0.717) is 29.4 Å². The van der Waals surface area contributed by atoms with Gasteiger partial charge in [0.25, 0.3) is 0 Å². The predicted octanol–water partition coefficient (Wildman–Crippen LogP) is 1.59. The van der Waals surface area contributed by atoms with Crippen molar-refractivity contribution in [1.29, 1.82) is 0 Å². The van der Waals surface area contributed by atoms with E-state index >= 15 is 0 Å². The van der Waals surface area contributed by atoms with Crippen LogP contribution in [-0.4, -0.2) is 25.9 Å². The predicted molar refractivity (Wildman–Crippen MR) is 56.6 cm³/mol. The van der Waals surface area contributed by atoms with E-state index in [9.17, 15) is 0 Å². The lowest BCUT2D eigenvalue weighted by Gasteiger charge is -2.13. The summed E-state index contributed by atoms with van der Waals surface area (Å²) >= 11 is 0. The van der Waals surface area contributed by atoms with Crippen molar-refractivity contribution in [2.24, 2.45) is 0 Å². The fourth-order valence-corrected chi connectivity index (χ4v) is 1.32. The summed E-state index contributed by atoms with van der Waals surface area (Å²) in [5.41, 5.74) is 0.682. The van der Waals surface area contributed by atoms with Gasteiger partial charge in [0.15, 0.2) is 11.5 Å². The molecule has 0 saturated carbocycles. The quantitative estimate of drug-likeness (QED) is 0.805. The van der Waals surface area contributed by atoms with Crippen LogP contribution < -0.4 is 14.2 Å². The van der Waals surface area contributed by atoms with Crippen LogP contribution in [0.4, 0.5) is 0 Å². The van der Waals surface area contributed by atoms with Crippen molar-refractivity contribution in [2.45, 2.75) is 13.5 Å². The van der Waals surface area contributed by atoms with Crippen LogP contribution in [0.2, 0.25) is 0 Å². The first-order valence-electron chi connectivity index (χ1n) is 4.75. The van der Waals surface area contributed by atoms with Gasteiger partial charge < -0.3 is 19.3 Å². The first-order chi connectivity index (χ1) is 7.26. The van der Waals surface area contributed by atoms with E-state index in [2.05, 4.69) is 0 Å². The van der Waals surface area contributed by atoms with Gasteiger partial charge in [0.1, 0.15) is 5.75 Å². The van der Waals surface area contributed by atoms with Gasteiger partial charge in [-0.15, -0.1) is 0 Å². The lowest BCUT2D eigenvalue weighted by molar-refractivity contribution is 0.269. The zero-order chi connectivity index (χ0) is 11.3. The van der Waals surface area contributed by atoms with Crippen LogP contribution in [0.3, 0.4) is 0 Å². The second-order valence-corrected chi connectivity index (χ2v) is 2.91. The normalized spacial score (nSPS) is 9.87. The highest BCUT2D eigenvalue weighted by atomic mass is 16.5. The maximum absolute atomic E-state index is 9.13. The second-order valence-electron chi connectivity index (χ2n) is 2.91. The minimum Gasteiger partial charge on any atom is -0.496 e. The lowest BCUT2D eigenvalue weighted by Crippen LogP contribution is -1.99.